The zero-order chi connectivity index (χ0) is 9.14. The summed E-state index contributed by atoms with van der Waals surface area (Å²) in [5, 5.41) is 12.0. The van der Waals surface area contributed by atoms with E-state index in [2.05, 4.69) is 0 Å². The minimum absolute atomic E-state index is 0.105. The van der Waals surface area contributed by atoms with Crippen molar-refractivity contribution < 1.29 is 4.92 Å². The lowest BCUT2D eigenvalue weighted by Crippen LogP contribution is -2.19. The predicted molar refractivity (Wildman–Crippen MR) is 47.0 cm³/mol. The summed E-state index contributed by atoms with van der Waals surface area (Å²) in [6.07, 6.45) is 0. The predicted octanol–water partition coefficient (Wildman–Crippen LogP) is 0.615. The summed E-state index contributed by atoms with van der Waals surface area (Å²) in [6.45, 7) is 0.299. The first-order valence-electron chi connectivity index (χ1n) is 3.33. The molecule has 5 nitrogen and oxygen atoms in total. The number of nitro groups is 1. The summed E-state index contributed by atoms with van der Waals surface area (Å²) in [6, 6.07) is 1.16. The maximum Gasteiger partial charge on any atom is 0.324 e. The van der Waals surface area contributed by atoms with Gasteiger partial charge in [-0.25, -0.2) is 0 Å². The molecule has 0 bridgehead atoms. The molecule has 1 rings (SSSR count). The number of hydrogen-bond acceptors (Lipinski definition) is 5. The van der Waals surface area contributed by atoms with Crippen molar-refractivity contribution in [2.24, 2.45) is 11.5 Å². The molecular formula is C6H9N3O2S. The van der Waals surface area contributed by atoms with Crippen LogP contribution in [0.2, 0.25) is 0 Å². The molecule has 0 aromatic carbocycles. The van der Waals surface area contributed by atoms with Crippen LogP contribution in [0, 0.1) is 10.1 Å². The van der Waals surface area contributed by atoms with Gasteiger partial charge < -0.3 is 11.5 Å². The molecule has 0 amide bonds. The Balaban J connectivity index is 2.84. The molecule has 66 valence electrons. The molecule has 1 atom stereocenters. The van der Waals surface area contributed by atoms with Crippen LogP contribution in [0.1, 0.15) is 11.6 Å². The monoisotopic (exact) mass is 187 g/mol. The summed E-state index contributed by atoms with van der Waals surface area (Å²) in [7, 11) is 0. The summed E-state index contributed by atoms with van der Waals surface area (Å²) in [5.74, 6) is 0. The normalized spacial score (nSPS) is 12.8. The lowest BCUT2D eigenvalue weighted by Gasteiger charge is -2.02. The SMILES string of the molecule is NC[C@H](N)c1csc([N+](=O)[O-])c1. The molecule has 0 aliphatic heterocycles. The van der Waals surface area contributed by atoms with Crippen molar-refractivity contribution in [3.63, 3.8) is 0 Å². The van der Waals surface area contributed by atoms with E-state index in [0.29, 0.717) is 6.54 Å². The highest BCUT2D eigenvalue weighted by Crippen LogP contribution is 2.25. The molecule has 1 aromatic rings. The zero-order valence-electron chi connectivity index (χ0n) is 6.27. The average molecular weight is 187 g/mol. The fourth-order valence-electron chi connectivity index (χ4n) is 0.765. The van der Waals surface area contributed by atoms with Crippen LogP contribution >= 0.6 is 11.3 Å². The smallest absolute Gasteiger partial charge is 0.324 e. The molecule has 0 saturated heterocycles. The highest BCUT2D eigenvalue weighted by Gasteiger charge is 2.12. The van der Waals surface area contributed by atoms with Gasteiger partial charge in [0.25, 0.3) is 0 Å². The van der Waals surface area contributed by atoms with Crippen molar-refractivity contribution in [3.05, 3.63) is 27.1 Å². The summed E-state index contributed by atoms with van der Waals surface area (Å²) < 4.78 is 0. The van der Waals surface area contributed by atoms with Crippen LogP contribution in [-0.4, -0.2) is 11.5 Å². The van der Waals surface area contributed by atoms with Gasteiger partial charge in [0.15, 0.2) is 0 Å². The first-order valence-corrected chi connectivity index (χ1v) is 4.21. The molecule has 0 aliphatic carbocycles. The topological polar surface area (TPSA) is 95.2 Å². The van der Waals surface area contributed by atoms with E-state index >= 15 is 0 Å². The van der Waals surface area contributed by atoms with E-state index in [9.17, 15) is 10.1 Å². The van der Waals surface area contributed by atoms with Gasteiger partial charge in [-0.1, -0.05) is 11.3 Å². The van der Waals surface area contributed by atoms with Crippen LogP contribution in [0.4, 0.5) is 5.00 Å². The van der Waals surface area contributed by atoms with Crippen molar-refractivity contribution >= 4 is 16.3 Å². The lowest BCUT2D eigenvalue weighted by molar-refractivity contribution is -0.380. The van der Waals surface area contributed by atoms with Crippen molar-refractivity contribution in [3.8, 4) is 0 Å². The molecule has 12 heavy (non-hydrogen) atoms. The Bertz CT molecular complexity index is 286. The molecule has 0 unspecified atom stereocenters. The fraction of sp³-hybridized carbons (Fsp3) is 0.333. The second-order valence-electron chi connectivity index (χ2n) is 2.32. The molecule has 0 saturated carbocycles. The van der Waals surface area contributed by atoms with Gasteiger partial charge in [-0.15, -0.1) is 0 Å². The van der Waals surface area contributed by atoms with E-state index < -0.39 is 4.92 Å². The number of thiophene rings is 1. The molecule has 6 heteroatoms. The van der Waals surface area contributed by atoms with Gasteiger partial charge in [-0.05, 0) is 5.56 Å². The maximum atomic E-state index is 10.3. The summed E-state index contributed by atoms with van der Waals surface area (Å²) in [4.78, 5) is 9.84. The largest absolute Gasteiger partial charge is 0.329 e. The van der Waals surface area contributed by atoms with Gasteiger partial charge >= 0.3 is 5.00 Å². The number of nitrogens with two attached hydrogens (primary N) is 2. The lowest BCUT2D eigenvalue weighted by atomic mass is 10.2. The van der Waals surface area contributed by atoms with Crippen LogP contribution in [0.5, 0.6) is 0 Å². The molecule has 0 radical (unpaired) electrons. The van der Waals surface area contributed by atoms with Gasteiger partial charge in [0.2, 0.25) is 0 Å². The van der Waals surface area contributed by atoms with E-state index in [1.807, 2.05) is 0 Å². The van der Waals surface area contributed by atoms with Crippen LogP contribution in [0.15, 0.2) is 11.4 Å². The Hall–Kier alpha value is -0.980. The Morgan fingerprint density at radius 2 is 2.42 bits per heavy atom. The quantitative estimate of drug-likeness (QED) is 0.535. The van der Waals surface area contributed by atoms with E-state index in [4.69, 9.17) is 11.5 Å². The van der Waals surface area contributed by atoms with Crippen LogP contribution in [0.3, 0.4) is 0 Å². The van der Waals surface area contributed by atoms with Crippen molar-refractivity contribution in [1.82, 2.24) is 0 Å². The van der Waals surface area contributed by atoms with Gasteiger partial charge in [0.05, 0.1) is 4.92 Å². The Kier molecular flexibility index (Phi) is 2.74. The number of rotatable bonds is 3. The number of hydrogen-bond donors (Lipinski definition) is 2. The third-order valence-electron chi connectivity index (χ3n) is 1.47. The molecule has 4 N–H and O–H groups in total. The first kappa shape index (κ1) is 9.11. The Morgan fingerprint density at radius 3 is 2.83 bits per heavy atom. The molecule has 0 aliphatic rings. The summed E-state index contributed by atoms with van der Waals surface area (Å²) in [5.41, 5.74) is 11.6. The van der Waals surface area contributed by atoms with E-state index in [0.717, 1.165) is 16.9 Å². The fourth-order valence-corrected chi connectivity index (χ4v) is 1.56. The van der Waals surface area contributed by atoms with Gasteiger partial charge in [0, 0.05) is 24.0 Å². The van der Waals surface area contributed by atoms with E-state index in [1.54, 1.807) is 5.38 Å². The van der Waals surface area contributed by atoms with Crippen molar-refractivity contribution in [2.75, 3.05) is 6.54 Å². The van der Waals surface area contributed by atoms with E-state index in [-0.39, 0.29) is 11.0 Å². The zero-order valence-corrected chi connectivity index (χ0v) is 7.08. The standard InChI is InChI=1S/C6H9N3O2S/c7-2-5(8)4-1-6(9(10)11)12-3-4/h1,3,5H,2,7-8H2/t5-/m0/s1. The molecular weight excluding hydrogens is 178 g/mol. The summed E-state index contributed by atoms with van der Waals surface area (Å²) >= 11 is 1.07. The molecule has 1 aromatic heterocycles. The highest BCUT2D eigenvalue weighted by molar-refractivity contribution is 7.13. The van der Waals surface area contributed by atoms with Gasteiger partial charge in [0.1, 0.15) is 0 Å². The van der Waals surface area contributed by atoms with Crippen LogP contribution < -0.4 is 11.5 Å². The van der Waals surface area contributed by atoms with Gasteiger partial charge in [-0.3, -0.25) is 10.1 Å². The van der Waals surface area contributed by atoms with Crippen LogP contribution in [0.25, 0.3) is 0 Å². The van der Waals surface area contributed by atoms with Gasteiger partial charge in [-0.2, -0.15) is 0 Å². The molecule has 0 spiro atoms. The molecule has 1 heterocycles. The highest BCUT2D eigenvalue weighted by atomic mass is 32.1. The minimum Gasteiger partial charge on any atom is -0.329 e. The maximum absolute atomic E-state index is 10.3. The van der Waals surface area contributed by atoms with Crippen LogP contribution in [-0.2, 0) is 0 Å². The van der Waals surface area contributed by atoms with Crippen molar-refractivity contribution in [1.29, 1.82) is 0 Å². The van der Waals surface area contributed by atoms with Crippen molar-refractivity contribution in [2.45, 2.75) is 6.04 Å². The Morgan fingerprint density at radius 1 is 1.75 bits per heavy atom. The average Bonchev–Trinajstić information content (AvgIpc) is 2.51. The third kappa shape index (κ3) is 1.79. The Labute approximate surface area is 73.1 Å². The number of nitrogens with zero attached hydrogens (tertiary/aromatic N) is 1. The second kappa shape index (κ2) is 3.61. The van der Waals surface area contributed by atoms with E-state index in [1.165, 1.54) is 6.07 Å². The molecule has 0 fully saturated rings. The third-order valence-corrected chi connectivity index (χ3v) is 2.37. The minimum atomic E-state index is -0.433. The first-order chi connectivity index (χ1) is 5.65. The second-order valence-corrected chi connectivity index (χ2v) is 3.21.